The molecule has 1 aromatic heterocycles. The third-order valence-electron chi connectivity index (χ3n) is 10.00. The molecule has 0 spiro atoms. The van der Waals surface area contributed by atoms with E-state index in [1.807, 2.05) is 12.1 Å². The summed E-state index contributed by atoms with van der Waals surface area (Å²) < 4.78 is 6.15. The molecule has 0 aliphatic carbocycles. The van der Waals surface area contributed by atoms with Gasteiger partial charge in [0, 0.05) is 27.8 Å². The highest BCUT2D eigenvalue weighted by molar-refractivity contribution is 6.19. The Balaban J connectivity index is 1.04. The number of hydrogen-bond donors (Lipinski definition) is 0. The summed E-state index contributed by atoms with van der Waals surface area (Å²) in [6.45, 7) is 0. The maximum Gasteiger partial charge on any atom is 0.136 e. The predicted molar refractivity (Wildman–Crippen MR) is 212 cm³/mol. The zero-order valence-electron chi connectivity index (χ0n) is 27.3. The van der Waals surface area contributed by atoms with Crippen LogP contribution in [-0.4, -0.2) is 0 Å². The Morgan fingerprint density at radius 2 is 0.860 bits per heavy atom. The number of para-hydroxylation sites is 2. The van der Waals surface area contributed by atoms with Gasteiger partial charge in [-0.05, 0) is 121 Å². The van der Waals surface area contributed by atoms with E-state index >= 15 is 0 Å². The molecule has 234 valence electrons. The summed E-state index contributed by atoms with van der Waals surface area (Å²) in [6.07, 6.45) is 0. The molecule has 0 N–H and O–H groups in total. The van der Waals surface area contributed by atoms with Gasteiger partial charge in [-0.1, -0.05) is 121 Å². The van der Waals surface area contributed by atoms with Gasteiger partial charge in [0.05, 0.1) is 0 Å². The van der Waals surface area contributed by atoms with Gasteiger partial charge in [-0.15, -0.1) is 0 Å². The van der Waals surface area contributed by atoms with E-state index < -0.39 is 0 Å². The molecule has 0 saturated carbocycles. The molecule has 0 atom stereocenters. The number of fused-ring (bicyclic) bond motifs is 7. The summed E-state index contributed by atoms with van der Waals surface area (Å²) >= 11 is 0. The first kappa shape index (κ1) is 28.4. The third kappa shape index (κ3) is 4.81. The standard InChI is InChI=1S/C48H31NO/c1-2-10-41(11-3-1)49(42-23-18-33(19-24-42)36-16-14-32-8-4-5-9-35(32)28-36)43-25-20-34-15-17-37(30-40(34)31-43)38-21-26-44-39(29-38)22-27-47-48(44)45-12-6-7-13-46(45)50-47/h1-31H. The van der Waals surface area contributed by atoms with Gasteiger partial charge in [-0.25, -0.2) is 0 Å². The van der Waals surface area contributed by atoms with Crippen LogP contribution in [-0.2, 0) is 0 Å². The van der Waals surface area contributed by atoms with E-state index in [2.05, 4.69) is 181 Å². The summed E-state index contributed by atoms with van der Waals surface area (Å²) in [6, 6.07) is 67.6. The number of anilines is 3. The monoisotopic (exact) mass is 637 g/mol. The van der Waals surface area contributed by atoms with Crippen molar-refractivity contribution in [1.29, 1.82) is 0 Å². The van der Waals surface area contributed by atoms with Crippen LogP contribution >= 0.6 is 0 Å². The minimum absolute atomic E-state index is 0.926. The average Bonchev–Trinajstić information content (AvgIpc) is 3.57. The second-order valence-corrected chi connectivity index (χ2v) is 13.0. The first-order chi connectivity index (χ1) is 24.7. The van der Waals surface area contributed by atoms with E-state index in [4.69, 9.17) is 4.42 Å². The van der Waals surface area contributed by atoms with Crippen LogP contribution in [0, 0.1) is 0 Å². The van der Waals surface area contributed by atoms with Crippen LogP contribution in [0.3, 0.4) is 0 Å². The molecule has 0 radical (unpaired) electrons. The maximum atomic E-state index is 6.15. The Hall–Kier alpha value is -6.64. The fourth-order valence-electron chi connectivity index (χ4n) is 7.48. The van der Waals surface area contributed by atoms with Crippen molar-refractivity contribution in [3.8, 4) is 22.3 Å². The highest BCUT2D eigenvalue weighted by Crippen LogP contribution is 2.39. The number of nitrogens with zero attached hydrogens (tertiary/aromatic N) is 1. The molecule has 9 aromatic carbocycles. The van der Waals surface area contributed by atoms with Gasteiger partial charge in [-0.2, -0.15) is 0 Å². The second kappa shape index (κ2) is 11.5. The highest BCUT2D eigenvalue weighted by atomic mass is 16.3. The van der Waals surface area contributed by atoms with Crippen LogP contribution in [0.15, 0.2) is 192 Å². The van der Waals surface area contributed by atoms with Crippen molar-refractivity contribution in [1.82, 2.24) is 0 Å². The zero-order chi connectivity index (χ0) is 33.0. The Bertz CT molecular complexity index is 2870. The molecular weight excluding hydrogens is 607 g/mol. The molecule has 50 heavy (non-hydrogen) atoms. The molecule has 2 heteroatoms. The fourth-order valence-corrected chi connectivity index (χ4v) is 7.48. The van der Waals surface area contributed by atoms with Crippen LogP contribution in [0.25, 0.3) is 76.5 Å². The van der Waals surface area contributed by atoms with Gasteiger partial charge in [0.1, 0.15) is 11.2 Å². The van der Waals surface area contributed by atoms with Crippen molar-refractivity contribution >= 4 is 71.3 Å². The molecule has 0 bridgehead atoms. The summed E-state index contributed by atoms with van der Waals surface area (Å²) in [7, 11) is 0. The van der Waals surface area contributed by atoms with Crippen molar-refractivity contribution in [2.24, 2.45) is 0 Å². The summed E-state index contributed by atoms with van der Waals surface area (Å²) in [5.74, 6) is 0. The maximum absolute atomic E-state index is 6.15. The lowest BCUT2D eigenvalue weighted by Crippen LogP contribution is -2.09. The Labute approximate surface area is 290 Å². The molecule has 0 aliphatic heterocycles. The first-order valence-corrected chi connectivity index (χ1v) is 17.1. The number of benzene rings is 9. The second-order valence-electron chi connectivity index (χ2n) is 13.0. The van der Waals surface area contributed by atoms with Crippen molar-refractivity contribution in [2.45, 2.75) is 0 Å². The van der Waals surface area contributed by atoms with Crippen LogP contribution in [0.4, 0.5) is 17.1 Å². The quantitative estimate of drug-likeness (QED) is 0.187. The van der Waals surface area contributed by atoms with Crippen LogP contribution in [0.5, 0.6) is 0 Å². The third-order valence-corrected chi connectivity index (χ3v) is 10.00. The number of furan rings is 1. The minimum atomic E-state index is 0.926. The lowest BCUT2D eigenvalue weighted by molar-refractivity contribution is 0.669. The van der Waals surface area contributed by atoms with E-state index in [1.54, 1.807) is 0 Å². The molecule has 0 amide bonds. The summed E-state index contributed by atoms with van der Waals surface area (Å²) in [5.41, 5.74) is 10.0. The molecule has 0 saturated heterocycles. The van der Waals surface area contributed by atoms with E-state index in [-0.39, 0.29) is 0 Å². The molecule has 2 nitrogen and oxygen atoms in total. The van der Waals surface area contributed by atoms with E-state index in [9.17, 15) is 0 Å². The van der Waals surface area contributed by atoms with Crippen LogP contribution in [0.2, 0.25) is 0 Å². The molecule has 0 aliphatic rings. The van der Waals surface area contributed by atoms with Gasteiger partial charge in [0.2, 0.25) is 0 Å². The van der Waals surface area contributed by atoms with E-state index in [0.29, 0.717) is 0 Å². The topological polar surface area (TPSA) is 16.4 Å². The molecule has 1 heterocycles. The normalized spacial score (nSPS) is 11.6. The highest BCUT2D eigenvalue weighted by Gasteiger charge is 2.15. The minimum Gasteiger partial charge on any atom is -0.456 e. The predicted octanol–water partition coefficient (Wildman–Crippen LogP) is 13.8. The SMILES string of the molecule is c1ccc(N(c2ccc(-c3ccc4ccccc4c3)cc2)c2ccc3ccc(-c4ccc5c(ccc6oc7ccccc7c65)c4)cc3c2)cc1. The van der Waals surface area contributed by atoms with Crippen LogP contribution in [0.1, 0.15) is 0 Å². The smallest absolute Gasteiger partial charge is 0.136 e. The Morgan fingerprint density at radius 3 is 1.70 bits per heavy atom. The van der Waals surface area contributed by atoms with Gasteiger partial charge in [-0.3, -0.25) is 0 Å². The lowest BCUT2D eigenvalue weighted by atomic mass is 9.96. The fraction of sp³-hybridized carbons (Fsp3) is 0. The van der Waals surface area contributed by atoms with E-state index in [0.717, 1.165) is 33.6 Å². The molecule has 0 unspecified atom stereocenters. The van der Waals surface area contributed by atoms with Gasteiger partial charge < -0.3 is 9.32 Å². The summed E-state index contributed by atoms with van der Waals surface area (Å²) in [5, 5.41) is 9.68. The average molecular weight is 638 g/mol. The van der Waals surface area contributed by atoms with Crippen molar-refractivity contribution in [3.63, 3.8) is 0 Å². The lowest BCUT2D eigenvalue weighted by Gasteiger charge is -2.26. The van der Waals surface area contributed by atoms with Gasteiger partial charge in [0.15, 0.2) is 0 Å². The van der Waals surface area contributed by atoms with Crippen molar-refractivity contribution < 1.29 is 4.42 Å². The largest absolute Gasteiger partial charge is 0.456 e. The number of hydrogen-bond acceptors (Lipinski definition) is 2. The Kier molecular flexibility index (Phi) is 6.53. The molecule has 0 fully saturated rings. The molecule has 10 rings (SSSR count). The van der Waals surface area contributed by atoms with Crippen LogP contribution < -0.4 is 4.90 Å². The molecule has 10 aromatic rings. The first-order valence-electron chi connectivity index (χ1n) is 17.1. The van der Waals surface area contributed by atoms with Gasteiger partial charge >= 0.3 is 0 Å². The van der Waals surface area contributed by atoms with Crippen molar-refractivity contribution in [3.05, 3.63) is 188 Å². The van der Waals surface area contributed by atoms with E-state index in [1.165, 1.54) is 60.0 Å². The summed E-state index contributed by atoms with van der Waals surface area (Å²) in [4.78, 5) is 2.34. The zero-order valence-corrected chi connectivity index (χ0v) is 27.3. The van der Waals surface area contributed by atoms with Gasteiger partial charge in [0.25, 0.3) is 0 Å². The Morgan fingerprint density at radius 1 is 0.300 bits per heavy atom. The molecular formula is C48H31NO. The number of rotatable bonds is 5. The van der Waals surface area contributed by atoms with Crippen molar-refractivity contribution in [2.75, 3.05) is 4.90 Å².